The molecule has 2 atom stereocenters. The van der Waals surface area contributed by atoms with E-state index in [0.29, 0.717) is 0 Å². The molecule has 0 bridgehead atoms. The van der Waals surface area contributed by atoms with Gasteiger partial charge in [0, 0.05) is 0 Å². The smallest absolute Gasteiger partial charge is 0.407 e. The number of esters is 1. The number of methoxy groups -OCH3 is 1. The Labute approximate surface area is 141 Å². The summed E-state index contributed by atoms with van der Waals surface area (Å²) in [5.41, 5.74) is 0.789. The van der Waals surface area contributed by atoms with Gasteiger partial charge in [-0.1, -0.05) is 30.3 Å². The molecule has 1 amide bonds. The molecular weight excluding hydrogens is 338 g/mol. The van der Waals surface area contributed by atoms with Crippen LogP contribution in [0.2, 0.25) is 0 Å². The Morgan fingerprint density at radius 2 is 1.83 bits per heavy atom. The highest BCUT2D eigenvalue weighted by Gasteiger charge is 2.27. The van der Waals surface area contributed by atoms with Crippen molar-refractivity contribution in [3.05, 3.63) is 35.9 Å². The van der Waals surface area contributed by atoms with Crippen molar-refractivity contribution in [1.82, 2.24) is 5.32 Å². The summed E-state index contributed by atoms with van der Waals surface area (Å²) in [5, 5.41) is 2.42. The van der Waals surface area contributed by atoms with Crippen LogP contribution in [0, 0.1) is 0 Å². The van der Waals surface area contributed by atoms with E-state index in [1.807, 2.05) is 6.07 Å². The molecule has 1 rings (SSSR count). The average molecular weight is 359 g/mol. The van der Waals surface area contributed by atoms with Gasteiger partial charge in [0.2, 0.25) is 0 Å². The van der Waals surface area contributed by atoms with Gasteiger partial charge in [-0.25, -0.2) is 4.79 Å². The van der Waals surface area contributed by atoms with E-state index in [2.05, 4.69) is 10.1 Å². The van der Waals surface area contributed by atoms with Gasteiger partial charge in [0.05, 0.1) is 31.9 Å². The lowest BCUT2D eigenvalue weighted by Gasteiger charge is -2.23. The molecule has 0 aliphatic heterocycles. The highest BCUT2D eigenvalue weighted by atomic mass is 32.2. The molecule has 8 nitrogen and oxygen atoms in total. The predicted molar refractivity (Wildman–Crippen MR) is 85.6 cm³/mol. The van der Waals surface area contributed by atoms with Crippen LogP contribution in [0.4, 0.5) is 4.79 Å². The van der Waals surface area contributed by atoms with Gasteiger partial charge < -0.3 is 14.8 Å². The fourth-order valence-corrected chi connectivity index (χ4v) is 2.54. The zero-order valence-electron chi connectivity index (χ0n) is 13.7. The van der Waals surface area contributed by atoms with Crippen LogP contribution >= 0.6 is 0 Å². The van der Waals surface area contributed by atoms with Crippen molar-refractivity contribution in [2.75, 3.05) is 13.4 Å². The first-order valence-corrected chi connectivity index (χ1v) is 8.95. The van der Waals surface area contributed by atoms with Crippen molar-refractivity contribution < 1.29 is 31.7 Å². The first-order chi connectivity index (χ1) is 11.2. The van der Waals surface area contributed by atoms with E-state index < -0.39 is 34.3 Å². The third-order valence-electron chi connectivity index (χ3n) is 3.02. The van der Waals surface area contributed by atoms with Crippen molar-refractivity contribution in [3.8, 4) is 0 Å². The highest BCUT2D eigenvalue weighted by Crippen LogP contribution is 2.09. The molecule has 0 radical (unpaired) electrons. The lowest BCUT2D eigenvalue weighted by Crippen LogP contribution is -2.45. The average Bonchev–Trinajstić information content (AvgIpc) is 2.51. The minimum absolute atomic E-state index is 0.0406. The number of carbonyl (C=O) groups excluding carboxylic acids is 2. The van der Waals surface area contributed by atoms with Crippen molar-refractivity contribution >= 4 is 22.2 Å². The molecule has 1 aromatic carbocycles. The molecule has 0 aromatic heterocycles. The fraction of sp³-hybridized carbons (Fsp3) is 0.467. The van der Waals surface area contributed by atoms with Gasteiger partial charge in [0.25, 0.3) is 10.1 Å². The minimum Gasteiger partial charge on any atom is -0.469 e. The maximum atomic E-state index is 11.9. The molecule has 0 saturated carbocycles. The number of alkyl carbamates (subject to hydrolysis) is 1. The fourth-order valence-electron chi connectivity index (χ4n) is 1.86. The third-order valence-corrected chi connectivity index (χ3v) is 3.68. The quantitative estimate of drug-likeness (QED) is 0.549. The number of nitrogens with one attached hydrogen (secondary N) is 1. The molecule has 9 heteroatoms. The van der Waals surface area contributed by atoms with E-state index in [4.69, 9.17) is 8.92 Å². The van der Waals surface area contributed by atoms with Gasteiger partial charge in [-0.15, -0.1) is 0 Å². The molecule has 134 valence electrons. The Balaban J connectivity index is 2.65. The summed E-state index contributed by atoms with van der Waals surface area (Å²) in [7, 11) is -2.56. The largest absolute Gasteiger partial charge is 0.469 e. The number of hydrogen-bond donors (Lipinski definition) is 1. The Kier molecular flexibility index (Phi) is 7.66. The van der Waals surface area contributed by atoms with Crippen molar-refractivity contribution in [2.45, 2.75) is 32.1 Å². The normalized spacial score (nSPS) is 13.6. The van der Waals surface area contributed by atoms with E-state index in [0.717, 1.165) is 11.8 Å². The number of benzene rings is 1. The molecule has 0 aliphatic rings. The second-order valence-electron chi connectivity index (χ2n) is 5.10. The van der Waals surface area contributed by atoms with Crippen LogP contribution in [0.5, 0.6) is 0 Å². The molecule has 0 aliphatic carbocycles. The van der Waals surface area contributed by atoms with E-state index in [1.54, 1.807) is 24.3 Å². The molecule has 1 unspecified atom stereocenters. The third kappa shape index (κ3) is 7.93. The van der Waals surface area contributed by atoms with E-state index >= 15 is 0 Å². The number of rotatable bonds is 8. The van der Waals surface area contributed by atoms with Gasteiger partial charge in [0.15, 0.2) is 0 Å². The second-order valence-corrected chi connectivity index (χ2v) is 6.70. The molecular formula is C15H21NO7S. The lowest BCUT2D eigenvalue weighted by molar-refractivity contribution is -0.141. The predicted octanol–water partition coefficient (Wildman–Crippen LogP) is 1.21. The Bertz CT molecular complexity index is 645. The van der Waals surface area contributed by atoms with Crippen LogP contribution in [0.25, 0.3) is 0 Å². The summed E-state index contributed by atoms with van der Waals surface area (Å²) in [6.07, 6.45) is -1.14. The maximum absolute atomic E-state index is 11.9. The summed E-state index contributed by atoms with van der Waals surface area (Å²) in [4.78, 5) is 23.3. The van der Waals surface area contributed by atoms with Crippen molar-refractivity contribution in [3.63, 3.8) is 0 Å². The Morgan fingerprint density at radius 1 is 1.21 bits per heavy atom. The monoisotopic (exact) mass is 359 g/mol. The molecule has 0 saturated heterocycles. The topological polar surface area (TPSA) is 108 Å². The van der Waals surface area contributed by atoms with Gasteiger partial charge in [-0.05, 0) is 12.5 Å². The Morgan fingerprint density at radius 3 is 2.38 bits per heavy atom. The molecule has 0 spiro atoms. The van der Waals surface area contributed by atoms with Crippen LogP contribution in [0.1, 0.15) is 18.9 Å². The van der Waals surface area contributed by atoms with Crippen molar-refractivity contribution in [1.29, 1.82) is 0 Å². The van der Waals surface area contributed by atoms with Gasteiger partial charge in [-0.3, -0.25) is 8.98 Å². The van der Waals surface area contributed by atoms with Crippen LogP contribution < -0.4 is 5.32 Å². The first-order valence-electron chi connectivity index (χ1n) is 7.13. The van der Waals surface area contributed by atoms with Gasteiger partial charge in [0.1, 0.15) is 6.61 Å². The summed E-state index contributed by atoms with van der Waals surface area (Å²) in [6.45, 7) is 1.46. The maximum Gasteiger partial charge on any atom is 0.407 e. The molecule has 1 aromatic rings. The molecule has 24 heavy (non-hydrogen) atoms. The van der Waals surface area contributed by atoms with Crippen LogP contribution in [0.3, 0.4) is 0 Å². The summed E-state index contributed by atoms with van der Waals surface area (Å²) in [5.74, 6) is -0.618. The summed E-state index contributed by atoms with van der Waals surface area (Å²) in [6, 6.07) is 8.09. The number of amides is 1. The highest BCUT2D eigenvalue weighted by molar-refractivity contribution is 7.86. The second kappa shape index (κ2) is 9.24. The standard InChI is InChI=1S/C15H21NO7S/c1-11(23-24(3,19)20)13(9-14(17)21-2)16-15(18)22-10-12-7-5-4-6-8-12/h4-8,11,13H,9-10H2,1-3H3,(H,16,18)/t11?,13-/m1/s1. The molecule has 0 fully saturated rings. The molecule has 1 N–H and O–H groups in total. The number of ether oxygens (including phenoxy) is 2. The minimum atomic E-state index is -3.75. The SMILES string of the molecule is COC(=O)C[C@@H](NC(=O)OCc1ccccc1)C(C)OS(C)(=O)=O. The first kappa shape index (κ1) is 19.9. The Hall–Kier alpha value is -2.13. The van der Waals surface area contributed by atoms with Crippen LogP contribution in [-0.4, -0.2) is 46.0 Å². The van der Waals surface area contributed by atoms with E-state index in [1.165, 1.54) is 14.0 Å². The molecule has 0 heterocycles. The number of hydrogen-bond acceptors (Lipinski definition) is 7. The van der Waals surface area contributed by atoms with Crippen LogP contribution in [-0.2, 0) is 35.2 Å². The summed E-state index contributed by atoms with van der Waals surface area (Å²) < 4.78 is 36.8. The summed E-state index contributed by atoms with van der Waals surface area (Å²) >= 11 is 0. The van der Waals surface area contributed by atoms with E-state index in [9.17, 15) is 18.0 Å². The van der Waals surface area contributed by atoms with Crippen LogP contribution in [0.15, 0.2) is 30.3 Å². The van der Waals surface area contributed by atoms with Gasteiger partial charge >= 0.3 is 12.1 Å². The lowest BCUT2D eigenvalue weighted by atomic mass is 10.1. The number of carbonyl (C=O) groups is 2. The van der Waals surface area contributed by atoms with E-state index in [-0.39, 0.29) is 13.0 Å². The zero-order valence-corrected chi connectivity index (χ0v) is 14.5. The van der Waals surface area contributed by atoms with Gasteiger partial charge in [-0.2, -0.15) is 8.42 Å². The zero-order chi connectivity index (χ0) is 18.2. The van der Waals surface area contributed by atoms with Crippen molar-refractivity contribution in [2.24, 2.45) is 0 Å².